The second-order valence-electron chi connectivity index (χ2n) is 3.70. The average Bonchev–Trinajstić information content (AvgIpc) is 2.29. The van der Waals surface area contributed by atoms with Crippen LogP contribution >= 0.6 is 34.2 Å². The lowest BCUT2D eigenvalue weighted by atomic mass is 10.00. The van der Waals surface area contributed by atoms with Crippen molar-refractivity contribution < 1.29 is 4.39 Å². The van der Waals surface area contributed by atoms with E-state index in [4.69, 9.17) is 17.3 Å². The summed E-state index contributed by atoms with van der Waals surface area (Å²) in [5, 5.41) is 0.676. The van der Waals surface area contributed by atoms with Crippen LogP contribution in [0.5, 0.6) is 0 Å². The average molecular weight is 362 g/mol. The molecule has 0 aromatic heterocycles. The fraction of sp³-hybridized carbons (Fsp3) is 0.0769. The van der Waals surface area contributed by atoms with Gasteiger partial charge in [-0.2, -0.15) is 0 Å². The maximum Gasteiger partial charge on any atom is 0.124 e. The number of hydrogen-bond acceptors (Lipinski definition) is 1. The molecule has 0 aliphatic rings. The van der Waals surface area contributed by atoms with Gasteiger partial charge in [0, 0.05) is 8.59 Å². The normalized spacial score (nSPS) is 12.5. The van der Waals surface area contributed by atoms with Gasteiger partial charge in [0.25, 0.3) is 0 Å². The van der Waals surface area contributed by atoms with Crippen molar-refractivity contribution in [1.29, 1.82) is 0 Å². The van der Waals surface area contributed by atoms with Crippen molar-refractivity contribution in [2.24, 2.45) is 5.73 Å². The molecular weight excluding hydrogens is 352 g/mol. The summed E-state index contributed by atoms with van der Waals surface area (Å²) in [4.78, 5) is 0. The van der Waals surface area contributed by atoms with Gasteiger partial charge in [-0.25, -0.2) is 4.39 Å². The quantitative estimate of drug-likeness (QED) is 0.800. The Hall–Kier alpha value is -0.650. The minimum absolute atomic E-state index is 0.249. The Kier molecular flexibility index (Phi) is 4.01. The molecule has 0 amide bonds. The van der Waals surface area contributed by atoms with E-state index in [1.54, 1.807) is 18.2 Å². The maximum atomic E-state index is 13.0. The van der Waals surface area contributed by atoms with Gasteiger partial charge in [-0.3, -0.25) is 0 Å². The fourth-order valence-corrected chi connectivity index (χ4v) is 2.54. The predicted octanol–water partition coefficient (Wildman–Crippen LogP) is 4.13. The largest absolute Gasteiger partial charge is 0.320 e. The number of halogens is 3. The summed E-state index contributed by atoms with van der Waals surface area (Å²) >= 11 is 7.91. The summed E-state index contributed by atoms with van der Waals surface area (Å²) in [6.07, 6.45) is 0. The van der Waals surface area contributed by atoms with E-state index in [1.165, 1.54) is 12.1 Å². The first-order valence-electron chi connectivity index (χ1n) is 5.04. The van der Waals surface area contributed by atoms with Gasteiger partial charge in [-0.05, 0) is 58.0 Å². The lowest BCUT2D eigenvalue weighted by molar-refractivity contribution is 0.625. The number of hydrogen-bond donors (Lipinski definition) is 1. The van der Waals surface area contributed by atoms with Crippen molar-refractivity contribution in [1.82, 2.24) is 0 Å². The second kappa shape index (κ2) is 5.33. The molecule has 0 aliphatic heterocycles. The van der Waals surface area contributed by atoms with Crippen molar-refractivity contribution in [3.05, 3.63) is 68.0 Å². The molecule has 0 saturated heterocycles. The lowest BCUT2D eigenvalue weighted by Crippen LogP contribution is -2.13. The summed E-state index contributed by atoms with van der Waals surface area (Å²) in [5.74, 6) is -0.249. The predicted molar refractivity (Wildman–Crippen MR) is 76.6 cm³/mol. The van der Waals surface area contributed by atoms with Crippen LogP contribution < -0.4 is 5.73 Å². The van der Waals surface area contributed by atoms with Crippen molar-refractivity contribution in [3.63, 3.8) is 0 Å². The molecule has 2 aromatic rings. The Labute approximate surface area is 118 Å². The minimum atomic E-state index is -0.264. The van der Waals surface area contributed by atoms with E-state index in [-0.39, 0.29) is 11.9 Å². The molecule has 0 spiro atoms. The van der Waals surface area contributed by atoms with Crippen LogP contribution in [0.4, 0.5) is 4.39 Å². The Morgan fingerprint density at radius 1 is 1.12 bits per heavy atom. The lowest BCUT2D eigenvalue weighted by Gasteiger charge is -2.14. The SMILES string of the molecule is NC(c1ccc(Cl)cc1)c1ccc(F)cc1I. The van der Waals surface area contributed by atoms with Gasteiger partial charge in [0.15, 0.2) is 0 Å². The van der Waals surface area contributed by atoms with Gasteiger partial charge in [0.2, 0.25) is 0 Å². The van der Waals surface area contributed by atoms with Crippen molar-refractivity contribution >= 4 is 34.2 Å². The monoisotopic (exact) mass is 361 g/mol. The topological polar surface area (TPSA) is 26.0 Å². The molecule has 0 fully saturated rings. The van der Waals surface area contributed by atoms with Gasteiger partial charge < -0.3 is 5.73 Å². The summed E-state index contributed by atoms with van der Waals surface area (Å²) < 4.78 is 13.8. The molecule has 2 rings (SSSR count). The van der Waals surface area contributed by atoms with Crippen LogP contribution in [0.15, 0.2) is 42.5 Å². The summed E-state index contributed by atoms with van der Waals surface area (Å²) in [6.45, 7) is 0. The number of rotatable bonds is 2. The number of nitrogens with two attached hydrogens (primary N) is 1. The van der Waals surface area contributed by atoms with Gasteiger partial charge in [0.05, 0.1) is 6.04 Å². The van der Waals surface area contributed by atoms with Crippen LogP contribution in [0.3, 0.4) is 0 Å². The highest BCUT2D eigenvalue weighted by Gasteiger charge is 2.12. The smallest absolute Gasteiger partial charge is 0.124 e. The van der Waals surface area contributed by atoms with Crippen molar-refractivity contribution in [3.8, 4) is 0 Å². The van der Waals surface area contributed by atoms with Crippen LogP contribution in [-0.4, -0.2) is 0 Å². The van der Waals surface area contributed by atoms with Crippen LogP contribution in [-0.2, 0) is 0 Å². The molecule has 1 nitrogen and oxygen atoms in total. The fourth-order valence-electron chi connectivity index (χ4n) is 1.60. The molecule has 0 bridgehead atoms. The molecular formula is C13H10ClFIN. The highest BCUT2D eigenvalue weighted by Crippen LogP contribution is 2.25. The standard InChI is InChI=1S/C13H10ClFIN/c14-9-3-1-8(2-4-9)13(17)11-6-5-10(15)7-12(11)16/h1-7,13H,17H2. The first-order chi connectivity index (χ1) is 8.08. The Balaban J connectivity index is 2.36. The van der Waals surface area contributed by atoms with Gasteiger partial charge >= 0.3 is 0 Å². The molecule has 0 aliphatic carbocycles. The highest BCUT2D eigenvalue weighted by atomic mass is 127. The molecule has 2 aromatic carbocycles. The Morgan fingerprint density at radius 2 is 1.76 bits per heavy atom. The van der Waals surface area contributed by atoms with Gasteiger partial charge in [-0.1, -0.05) is 29.8 Å². The van der Waals surface area contributed by atoms with E-state index >= 15 is 0 Å². The van der Waals surface area contributed by atoms with E-state index in [9.17, 15) is 4.39 Å². The highest BCUT2D eigenvalue weighted by molar-refractivity contribution is 14.1. The zero-order valence-corrected chi connectivity index (χ0v) is 11.7. The summed E-state index contributed by atoms with van der Waals surface area (Å²) in [7, 11) is 0. The van der Waals surface area contributed by atoms with Crippen LogP contribution in [0, 0.1) is 9.39 Å². The third-order valence-corrected chi connectivity index (χ3v) is 3.71. The first kappa shape index (κ1) is 12.8. The van der Waals surface area contributed by atoms with E-state index in [0.29, 0.717) is 5.02 Å². The molecule has 0 saturated carbocycles. The molecule has 1 unspecified atom stereocenters. The molecule has 2 N–H and O–H groups in total. The van der Waals surface area contributed by atoms with Crippen LogP contribution in [0.1, 0.15) is 17.2 Å². The molecule has 17 heavy (non-hydrogen) atoms. The summed E-state index contributed by atoms with van der Waals surface area (Å²) in [6, 6.07) is 11.7. The third-order valence-electron chi connectivity index (χ3n) is 2.53. The molecule has 4 heteroatoms. The molecule has 0 radical (unpaired) electrons. The summed E-state index contributed by atoms with van der Waals surface area (Å²) in [5.41, 5.74) is 8.02. The van der Waals surface area contributed by atoms with Gasteiger partial charge in [0.1, 0.15) is 5.82 Å². The third kappa shape index (κ3) is 2.97. The Bertz CT molecular complexity index is 527. The zero-order chi connectivity index (χ0) is 12.4. The molecule has 88 valence electrons. The minimum Gasteiger partial charge on any atom is -0.320 e. The molecule has 1 atom stereocenters. The van der Waals surface area contributed by atoms with Crippen LogP contribution in [0.25, 0.3) is 0 Å². The first-order valence-corrected chi connectivity index (χ1v) is 6.49. The van der Waals surface area contributed by atoms with Gasteiger partial charge in [-0.15, -0.1) is 0 Å². The van der Waals surface area contributed by atoms with Crippen molar-refractivity contribution in [2.75, 3.05) is 0 Å². The number of benzene rings is 2. The Morgan fingerprint density at radius 3 is 2.35 bits per heavy atom. The van der Waals surface area contributed by atoms with E-state index < -0.39 is 0 Å². The van der Waals surface area contributed by atoms with Crippen molar-refractivity contribution in [2.45, 2.75) is 6.04 Å². The van der Waals surface area contributed by atoms with E-state index in [0.717, 1.165) is 14.7 Å². The van der Waals surface area contributed by atoms with E-state index in [1.807, 2.05) is 12.1 Å². The van der Waals surface area contributed by atoms with Crippen LogP contribution in [0.2, 0.25) is 5.02 Å². The maximum absolute atomic E-state index is 13.0. The van der Waals surface area contributed by atoms with E-state index in [2.05, 4.69) is 22.6 Å². The molecule has 0 heterocycles. The zero-order valence-electron chi connectivity index (χ0n) is 8.83. The second-order valence-corrected chi connectivity index (χ2v) is 5.29.